The van der Waals surface area contributed by atoms with Crippen LogP contribution in [0.1, 0.15) is 23.7 Å². The van der Waals surface area contributed by atoms with Crippen molar-refractivity contribution in [3.8, 4) is 22.8 Å². The molecule has 1 aromatic heterocycles. The summed E-state index contributed by atoms with van der Waals surface area (Å²) in [6.07, 6.45) is 2.03. The summed E-state index contributed by atoms with van der Waals surface area (Å²) < 4.78 is 5.93. The van der Waals surface area contributed by atoms with Gasteiger partial charge in [-0.3, -0.25) is 9.59 Å². The van der Waals surface area contributed by atoms with Crippen LogP contribution in [-0.2, 0) is 4.79 Å². The largest absolute Gasteiger partial charge is 0.436 e. The third kappa shape index (κ3) is 4.70. The molecule has 6 nitrogen and oxygen atoms in total. The van der Waals surface area contributed by atoms with Crippen LogP contribution >= 0.6 is 0 Å². The quantitative estimate of drug-likeness (QED) is 0.432. The van der Waals surface area contributed by atoms with Gasteiger partial charge in [0, 0.05) is 28.9 Å². The summed E-state index contributed by atoms with van der Waals surface area (Å²) in [5.41, 5.74) is 3.14. The SMILES string of the molecule is CCC(=O)Nc1cccc(NC(=O)c2ccccc2-c2ncc(-c3ccccc3)o2)c1. The standard InChI is InChI=1S/C25H21N3O3/c1-2-23(29)27-18-11-8-12-19(15-18)28-24(30)20-13-6-7-14-21(20)25-26-16-22(31-25)17-9-4-3-5-10-17/h3-16H,2H2,1H3,(H,27,29)(H,28,30). The van der Waals surface area contributed by atoms with Crippen LogP contribution < -0.4 is 10.6 Å². The van der Waals surface area contributed by atoms with E-state index >= 15 is 0 Å². The first-order chi connectivity index (χ1) is 15.1. The van der Waals surface area contributed by atoms with Gasteiger partial charge in [0.1, 0.15) is 0 Å². The molecule has 0 spiro atoms. The Labute approximate surface area is 179 Å². The topological polar surface area (TPSA) is 84.2 Å². The fourth-order valence-corrected chi connectivity index (χ4v) is 3.12. The van der Waals surface area contributed by atoms with Gasteiger partial charge in [-0.25, -0.2) is 4.98 Å². The van der Waals surface area contributed by atoms with Crippen molar-refractivity contribution in [2.24, 2.45) is 0 Å². The molecule has 0 unspecified atom stereocenters. The number of carbonyl (C=O) groups excluding carboxylic acids is 2. The molecule has 0 atom stereocenters. The molecule has 2 N–H and O–H groups in total. The second kappa shape index (κ2) is 9.09. The molecule has 3 aromatic carbocycles. The highest BCUT2D eigenvalue weighted by molar-refractivity contribution is 6.08. The second-order valence-corrected chi connectivity index (χ2v) is 6.88. The number of nitrogens with one attached hydrogen (secondary N) is 2. The molecule has 154 valence electrons. The fraction of sp³-hybridized carbons (Fsp3) is 0.0800. The minimum atomic E-state index is -0.297. The van der Waals surface area contributed by atoms with Crippen molar-refractivity contribution in [3.63, 3.8) is 0 Å². The zero-order valence-electron chi connectivity index (χ0n) is 17.0. The Morgan fingerprint density at radius 2 is 1.58 bits per heavy atom. The molecule has 0 saturated carbocycles. The molecule has 1 heterocycles. The Morgan fingerprint density at radius 3 is 2.35 bits per heavy atom. The molecule has 31 heavy (non-hydrogen) atoms. The van der Waals surface area contributed by atoms with E-state index in [1.165, 1.54) is 0 Å². The number of oxazole rings is 1. The van der Waals surface area contributed by atoms with Gasteiger partial charge in [-0.05, 0) is 30.3 Å². The van der Waals surface area contributed by atoms with Crippen LogP contribution in [0.25, 0.3) is 22.8 Å². The lowest BCUT2D eigenvalue weighted by Crippen LogP contribution is -2.14. The number of anilines is 2. The maximum atomic E-state index is 13.0. The van der Waals surface area contributed by atoms with Crippen molar-refractivity contribution < 1.29 is 14.0 Å². The summed E-state index contributed by atoms with van der Waals surface area (Å²) >= 11 is 0. The molecule has 6 heteroatoms. The van der Waals surface area contributed by atoms with Crippen molar-refractivity contribution in [2.75, 3.05) is 10.6 Å². The molecule has 0 radical (unpaired) electrons. The molecular formula is C25H21N3O3. The Kier molecular flexibility index (Phi) is 5.89. The zero-order valence-corrected chi connectivity index (χ0v) is 17.0. The van der Waals surface area contributed by atoms with Crippen LogP contribution in [0.3, 0.4) is 0 Å². The maximum absolute atomic E-state index is 13.0. The van der Waals surface area contributed by atoms with E-state index in [-0.39, 0.29) is 11.8 Å². The number of carbonyl (C=O) groups is 2. The predicted molar refractivity (Wildman–Crippen MR) is 121 cm³/mol. The Balaban J connectivity index is 1.58. The van der Waals surface area contributed by atoms with Crippen molar-refractivity contribution in [3.05, 3.63) is 90.6 Å². The first-order valence-electron chi connectivity index (χ1n) is 9.96. The third-order valence-corrected chi connectivity index (χ3v) is 4.69. The van der Waals surface area contributed by atoms with Crippen LogP contribution in [0.15, 0.2) is 89.5 Å². The first kappa shape index (κ1) is 20.1. The molecule has 4 rings (SSSR count). The number of nitrogens with zero attached hydrogens (tertiary/aromatic N) is 1. The Hall–Kier alpha value is -4.19. The van der Waals surface area contributed by atoms with Gasteiger partial charge in [0.25, 0.3) is 5.91 Å². The van der Waals surface area contributed by atoms with E-state index in [0.29, 0.717) is 40.6 Å². The average Bonchev–Trinajstić information content (AvgIpc) is 3.30. The normalized spacial score (nSPS) is 10.5. The summed E-state index contributed by atoms with van der Waals surface area (Å²) in [5.74, 6) is 0.611. The monoisotopic (exact) mass is 411 g/mol. The highest BCUT2D eigenvalue weighted by atomic mass is 16.4. The summed E-state index contributed by atoms with van der Waals surface area (Å²) in [4.78, 5) is 29.0. The number of hydrogen-bond acceptors (Lipinski definition) is 4. The molecule has 4 aromatic rings. The molecule has 0 aliphatic carbocycles. The van der Waals surface area contributed by atoms with Gasteiger partial charge >= 0.3 is 0 Å². The molecule has 0 bridgehead atoms. The van der Waals surface area contributed by atoms with E-state index in [1.807, 2.05) is 36.4 Å². The van der Waals surface area contributed by atoms with Crippen LogP contribution in [0.4, 0.5) is 11.4 Å². The summed E-state index contributed by atoms with van der Waals surface area (Å²) in [6, 6.07) is 23.8. The van der Waals surface area contributed by atoms with Crippen molar-refractivity contribution in [1.82, 2.24) is 4.98 Å². The molecule has 0 saturated heterocycles. The number of rotatable bonds is 6. The summed E-state index contributed by atoms with van der Waals surface area (Å²) in [6.45, 7) is 1.78. The summed E-state index contributed by atoms with van der Waals surface area (Å²) in [5, 5.41) is 5.66. The smallest absolute Gasteiger partial charge is 0.256 e. The van der Waals surface area contributed by atoms with Crippen LogP contribution in [0, 0.1) is 0 Å². The minimum absolute atomic E-state index is 0.0908. The van der Waals surface area contributed by atoms with Gasteiger partial charge in [-0.15, -0.1) is 0 Å². The lowest BCUT2D eigenvalue weighted by molar-refractivity contribution is -0.115. The van der Waals surface area contributed by atoms with E-state index < -0.39 is 0 Å². The molecule has 0 aliphatic heterocycles. The highest BCUT2D eigenvalue weighted by Crippen LogP contribution is 2.28. The minimum Gasteiger partial charge on any atom is -0.436 e. The van der Waals surface area contributed by atoms with E-state index in [4.69, 9.17) is 4.42 Å². The van der Waals surface area contributed by atoms with E-state index in [2.05, 4.69) is 15.6 Å². The van der Waals surface area contributed by atoms with Crippen LogP contribution in [0.5, 0.6) is 0 Å². The molecule has 0 fully saturated rings. The lowest BCUT2D eigenvalue weighted by Gasteiger charge is -2.10. The maximum Gasteiger partial charge on any atom is 0.256 e. The third-order valence-electron chi connectivity index (χ3n) is 4.69. The van der Waals surface area contributed by atoms with Crippen LogP contribution in [-0.4, -0.2) is 16.8 Å². The number of amides is 2. The van der Waals surface area contributed by atoms with Gasteiger partial charge in [-0.2, -0.15) is 0 Å². The van der Waals surface area contributed by atoms with Gasteiger partial charge < -0.3 is 15.1 Å². The summed E-state index contributed by atoms with van der Waals surface area (Å²) in [7, 11) is 0. The van der Waals surface area contributed by atoms with Crippen molar-refractivity contribution >= 4 is 23.2 Å². The molecular weight excluding hydrogens is 390 g/mol. The Morgan fingerprint density at radius 1 is 0.871 bits per heavy atom. The van der Waals surface area contributed by atoms with Gasteiger partial charge in [-0.1, -0.05) is 55.5 Å². The van der Waals surface area contributed by atoms with E-state index in [0.717, 1.165) is 5.56 Å². The number of benzene rings is 3. The van der Waals surface area contributed by atoms with Crippen molar-refractivity contribution in [1.29, 1.82) is 0 Å². The van der Waals surface area contributed by atoms with Crippen LogP contribution in [0.2, 0.25) is 0 Å². The van der Waals surface area contributed by atoms with E-state index in [9.17, 15) is 9.59 Å². The second-order valence-electron chi connectivity index (χ2n) is 6.88. The molecule has 0 aliphatic rings. The Bertz CT molecular complexity index is 1220. The highest BCUT2D eigenvalue weighted by Gasteiger charge is 2.17. The fourth-order valence-electron chi connectivity index (χ4n) is 3.12. The number of hydrogen-bond donors (Lipinski definition) is 2. The lowest BCUT2D eigenvalue weighted by atomic mass is 10.1. The average molecular weight is 411 g/mol. The van der Waals surface area contributed by atoms with Gasteiger partial charge in [0.05, 0.1) is 11.8 Å². The van der Waals surface area contributed by atoms with E-state index in [1.54, 1.807) is 55.6 Å². The number of aromatic nitrogens is 1. The zero-order chi connectivity index (χ0) is 21.6. The molecule has 2 amide bonds. The predicted octanol–water partition coefficient (Wildman–Crippen LogP) is 5.61. The van der Waals surface area contributed by atoms with Crippen molar-refractivity contribution in [2.45, 2.75) is 13.3 Å². The van der Waals surface area contributed by atoms with Gasteiger partial charge in [0.15, 0.2) is 5.76 Å². The van der Waals surface area contributed by atoms with Gasteiger partial charge in [0.2, 0.25) is 11.8 Å². The first-order valence-corrected chi connectivity index (χ1v) is 9.96.